The van der Waals surface area contributed by atoms with Crippen LogP contribution in [0.3, 0.4) is 0 Å². The van der Waals surface area contributed by atoms with Crippen molar-refractivity contribution in [3.63, 3.8) is 0 Å². The van der Waals surface area contributed by atoms with Gasteiger partial charge in [0.15, 0.2) is 0 Å². The van der Waals surface area contributed by atoms with E-state index < -0.39 is 17.2 Å². The molecule has 1 saturated heterocycles. The van der Waals surface area contributed by atoms with Crippen molar-refractivity contribution in [3.8, 4) is 17.6 Å². The van der Waals surface area contributed by atoms with Crippen LogP contribution in [0.1, 0.15) is 36.0 Å². The Morgan fingerprint density at radius 3 is 2.49 bits per heavy atom. The van der Waals surface area contributed by atoms with E-state index in [1.54, 1.807) is 31.4 Å². The summed E-state index contributed by atoms with van der Waals surface area (Å²) >= 11 is 0. The van der Waals surface area contributed by atoms with Crippen LogP contribution in [0.15, 0.2) is 54.6 Å². The Balaban J connectivity index is 1.29. The average molecular weight is 534 g/mol. The van der Waals surface area contributed by atoms with E-state index in [1.165, 1.54) is 23.1 Å². The van der Waals surface area contributed by atoms with Gasteiger partial charge in [0.2, 0.25) is 5.91 Å². The number of hydrogen-bond donors (Lipinski definition) is 1. The molecule has 3 aromatic rings. The van der Waals surface area contributed by atoms with Crippen molar-refractivity contribution in [2.75, 3.05) is 36.6 Å². The molecule has 0 spiro atoms. The highest BCUT2D eigenvalue weighted by atomic mass is 19.1. The molecule has 1 amide bonds. The van der Waals surface area contributed by atoms with Crippen LogP contribution in [0.25, 0.3) is 0 Å². The van der Waals surface area contributed by atoms with Crippen LogP contribution in [-0.4, -0.2) is 43.4 Å². The van der Waals surface area contributed by atoms with Crippen molar-refractivity contribution in [1.29, 1.82) is 5.26 Å². The minimum absolute atomic E-state index is 0.000135. The summed E-state index contributed by atoms with van der Waals surface area (Å²) in [5.41, 5.74) is 1.41. The molecular formula is C30H29F2N3O4. The average Bonchev–Trinajstić information content (AvgIpc) is 2.95. The normalized spacial score (nSPS) is 16.4. The maximum atomic E-state index is 15.1. The first kappa shape index (κ1) is 26.4. The fourth-order valence-electron chi connectivity index (χ4n) is 5.22. The van der Waals surface area contributed by atoms with Gasteiger partial charge >= 0.3 is 0 Å². The monoisotopic (exact) mass is 533 g/mol. The van der Waals surface area contributed by atoms with Gasteiger partial charge in [0, 0.05) is 25.1 Å². The molecule has 3 aromatic carbocycles. The number of fused-ring (bicyclic) bond motifs is 1. The van der Waals surface area contributed by atoms with Crippen LogP contribution in [-0.2, 0) is 17.8 Å². The number of benzene rings is 3. The number of carbonyl (C=O) groups is 1. The number of rotatable bonds is 7. The van der Waals surface area contributed by atoms with Gasteiger partial charge < -0.3 is 24.4 Å². The molecule has 2 aliphatic heterocycles. The highest BCUT2D eigenvalue weighted by molar-refractivity contribution is 5.97. The van der Waals surface area contributed by atoms with E-state index >= 15 is 4.39 Å². The summed E-state index contributed by atoms with van der Waals surface area (Å²) in [6, 6.07) is 16.2. The summed E-state index contributed by atoms with van der Waals surface area (Å²) in [6.07, 6.45) is 1.32. The molecular weight excluding hydrogens is 504 g/mol. The first-order valence-electron chi connectivity index (χ1n) is 12.8. The number of anilines is 2. The summed E-state index contributed by atoms with van der Waals surface area (Å²) in [4.78, 5) is 16.2. The Labute approximate surface area is 225 Å². The number of halogens is 2. The second-order valence-corrected chi connectivity index (χ2v) is 9.97. The zero-order valence-corrected chi connectivity index (χ0v) is 21.6. The molecule has 0 saturated carbocycles. The van der Waals surface area contributed by atoms with Gasteiger partial charge in [0.25, 0.3) is 0 Å². The number of aliphatic hydroxyl groups is 1. The zero-order chi connectivity index (χ0) is 27.6. The van der Waals surface area contributed by atoms with Crippen LogP contribution in [0, 0.1) is 23.0 Å². The number of methoxy groups -OCH3 is 1. The number of carbonyl (C=O) groups excluding carboxylic acids is 1. The number of hydrogen-bond acceptors (Lipinski definition) is 6. The lowest BCUT2D eigenvalue weighted by Gasteiger charge is -2.39. The largest absolute Gasteiger partial charge is 0.497 e. The third-order valence-electron chi connectivity index (χ3n) is 7.46. The molecule has 9 heteroatoms. The van der Waals surface area contributed by atoms with Crippen LogP contribution in [0.4, 0.5) is 20.2 Å². The van der Waals surface area contributed by atoms with Gasteiger partial charge in [-0.15, -0.1) is 0 Å². The standard InChI is InChI=1S/C30H29F2N3O4/c1-38-23-5-2-20(3-6-23)18-35-28(36)11-7-24-27(10-8-25(32)29(24)35)39-19-30(37)12-14-34(15-13-30)26-9-4-22(31)16-21(26)17-33/h2-6,8-10,16,37H,7,11-15,18-19H2,1H3. The molecule has 5 rings (SSSR count). The third-order valence-corrected chi connectivity index (χ3v) is 7.46. The Morgan fingerprint density at radius 1 is 1.05 bits per heavy atom. The Morgan fingerprint density at radius 2 is 1.79 bits per heavy atom. The summed E-state index contributed by atoms with van der Waals surface area (Å²) in [5, 5.41) is 20.6. The molecule has 0 bridgehead atoms. The van der Waals surface area contributed by atoms with Crippen LogP contribution in [0.2, 0.25) is 0 Å². The second kappa shape index (κ2) is 10.9. The van der Waals surface area contributed by atoms with Gasteiger partial charge in [-0.1, -0.05) is 12.1 Å². The molecule has 0 atom stereocenters. The quantitative estimate of drug-likeness (QED) is 0.473. The number of nitrogens with zero attached hydrogens (tertiary/aromatic N) is 3. The molecule has 1 fully saturated rings. The topological polar surface area (TPSA) is 86.0 Å². The van der Waals surface area contributed by atoms with Gasteiger partial charge in [-0.25, -0.2) is 8.78 Å². The maximum absolute atomic E-state index is 15.1. The van der Waals surface area contributed by atoms with Crippen molar-refractivity contribution in [1.82, 2.24) is 0 Å². The molecule has 2 heterocycles. The molecule has 1 N–H and O–H groups in total. The van der Waals surface area contributed by atoms with Crippen molar-refractivity contribution in [2.24, 2.45) is 0 Å². The predicted molar refractivity (Wildman–Crippen MR) is 142 cm³/mol. The highest BCUT2D eigenvalue weighted by Crippen LogP contribution is 2.39. The fourth-order valence-corrected chi connectivity index (χ4v) is 5.22. The molecule has 0 radical (unpaired) electrons. The van der Waals surface area contributed by atoms with Crippen molar-refractivity contribution >= 4 is 17.3 Å². The minimum Gasteiger partial charge on any atom is -0.497 e. The minimum atomic E-state index is -1.13. The van der Waals surface area contributed by atoms with Gasteiger partial charge in [0.1, 0.15) is 41.4 Å². The Hall–Kier alpha value is -4.16. The maximum Gasteiger partial charge on any atom is 0.227 e. The molecule has 2 aliphatic rings. The number of nitriles is 1. The van der Waals surface area contributed by atoms with Gasteiger partial charge in [-0.2, -0.15) is 5.26 Å². The Bertz CT molecular complexity index is 1410. The van der Waals surface area contributed by atoms with E-state index in [2.05, 4.69) is 0 Å². The lowest BCUT2D eigenvalue weighted by atomic mass is 9.91. The lowest BCUT2D eigenvalue weighted by Crippen LogP contribution is -2.48. The third kappa shape index (κ3) is 5.52. The van der Waals surface area contributed by atoms with Crippen molar-refractivity contribution < 1.29 is 28.2 Å². The zero-order valence-electron chi connectivity index (χ0n) is 21.6. The number of ether oxygens (including phenoxy) is 2. The van der Waals surface area contributed by atoms with Gasteiger partial charge in [-0.3, -0.25) is 4.79 Å². The summed E-state index contributed by atoms with van der Waals surface area (Å²) in [7, 11) is 1.58. The smallest absolute Gasteiger partial charge is 0.227 e. The Kier molecular flexibility index (Phi) is 7.40. The van der Waals surface area contributed by atoms with E-state index in [9.17, 15) is 19.6 Å². The lowest BCUT2D eigenvalue weighted by molar-refractivity contribution is -0.119. The van der Waals surface area contributed by atoms with Crippen molar-refractivity contribution in [3.05, 3.63) is 82.9 Å². The molecule has 202 valence electrons. The molecule has 0 aromatic heterocycles. The van der Waals surface area contributed by atoms with E-state index in [4.69, 9.17) is 9.47 Å². The van der Waals surface area contributed by atoms with E-state index in [1.807, 2.05) is 23.1 Å². The van der Waals surface area contributed by atoms with Gasteiger partial charge in [-0.05, 0) is 67.3 Å². The number of piperidine rings is 1. The molecule has 7 nitrogen and oxygen atoms in total. The second-order valence-electron chi connectivity index (χ2n) is 9.97. The molecule has 0 unspecified atom stereocenters. The first-order valence-corrected chi connectivity index (χ1v) is 12.8. The highest BCUT2D eigenvalue weighted by Gasteiger charge is 2.35. The summed E-state index contributed by atoms with van der Waals surface area (Å²) in [6.45, 7) is 1.14. The summed E-state index contributed by atoms with van der Waals surface area (Å²) < 4.78 is 39.9. The van der Waals surface area contributed by atoms with Crippen LogP contribution >= 0.6 is 0 Å². The summed E-state index contributed by atoms with van der Waals surface area (Å²) in [5.74, 6) is -0.00162. The van der Waals surface area contributed by atoms with Crippen molar-refractivity contribution in [2.45, 2.75) is 37.8 Å². The van der Waals surface area contributed by atoms with Crippen LogP contribution < -0.4 is 19.3 Å². The van der Waals surface area contributed by atoms with Gasteiger partial charge in [0.05, 0.1) is 30.6 Å². The fraction of sp³-hybridized carbons (Fsp3) is 0.333. The van der Waals surface area contributed by atoms with E-state index in [-0.39, 0.29) is 36.7 Å². The predicted octanol–water partition coefficient (Wildman–Crippen LogP) is 4.73. The van der Waals surface area contributed by atoms with E-state index in [0.717, 1.165) is 5.56 Å². The molecule has 39 heavy (non-hydrogen) atoms. The SMILES string of the molecule is COc1ccc(CN2C(=O)CCc3c(OCC4(O)CCN(c5ccc(F)cc5C#N)CC4)ccc(F)c32)cc1. The van der Waals surface area contributed by atoms with Crippen LogP contribution in [0.5, 0.6) is 11.5 Å². The molecule has 0 aliphatic carbocycles. The first-order chi connectivity index (χ1) is 18.8. The number of amides is 1. The van der Waals surface area contributed by atoms with E-state index in [0.29, 0.717) is 55.1 Å².